The van der Waals surface area contributed by atoms with Crippen molar-refractivity contribution in [2.24, 2.45) is 0 Å². The molecule has 1 aliphatic rings. The summed E-state index contributed by atoms with van der Waals surface area (Å²) in [5, 5.41) is 0. The minimum absolute atomic E-state index is 0.191. The number of halogens is 1. The molecule has 0 saturated carbocycles. The van der Waals surface area contributed by atoms with Gasteiger partial charge in [-0.25, -0.2) is 4.39 Å². The highest BCUT2D eigenvalue weighted by Crippen LogP contribution is 2.48. The summed E-state index contributed by atoms with van der Waals surface area (Å²) in [5.74, 6) is 5.92. The maximum absolute atomic E-state index is 14.2. The average Bonchev–Trinajstić information content (AvgIpc) is 2.51. The predicted octanol–water partition coefficient (Wildman–Crippen LogP) is 4.87. The van der Waals surface area contributed by atoms with E-state index in [1.165, 1.54) is 6.07 Å². The third kappa shape index (κ3) is 1.93. The summed E-state index contributed by atoms with van der Waals surface area (Å²) in [4.78, 5) is 0. The van der Waals surface area contributed by atoms with Crippen LogP contribution in [0.1, 0.15) is 11.1 Å². The van der Waals surface area contributed by atoms with E-state index in [0.29, 0.717) is 5.56 Å². The fourth-order valence-corrected chi connectivity index (χ4v) is 2.70. The van der Waals surface area contributed by atoms with Crippen molar-refractivity contribution in [2.75, 3.05) is 0 Å². The van der Waals surface area contributed by atoms with Gasteiger partial charge in [-0.2, -0.15) is 0 Å². The normalized spacial score (nSPS) is 10.7. The van der Waals surface area contributed by atoms with Crippen LogP contribution in [-0.2, 0) is 0 Å². The van der Waals surface area contributed by atoms with Crippen LogP contribution in [0, 0.1) is 17.7 Å². The van der Waals surface area contributed by atoms with Gasteiger partial charge in [0, 0.05) is 16.7 Å². The molecule has 0 spiro atoms. The third-order valence-electron chi connectivity index (χ3n) is 3.70. The van der Waals surface area contributed by atoms with Gasteiger partial charge < -0.3 is 0 Å². The molecule has 0 aromatic heterocycles. The van der Waals surface area contributed by atoms with Gasteiger partial charge in [0.05, 0.1) is 0 Å². The van der Waals surface area contributed by atoms with Crippen molar-refractivity contribution in [1.82, 2.24) is 0 Å². The van der Waals surface area contributed by atoms with Gasteiger partial charge in [-0.05, 0) is 41.0 Å². The fourth-order valence-electron chi connectivity index (χ4n) is 2.70. The Bertz CT molecular complexity index is 896. The van der Waals surface area contributed by atoms with Gasteiger partial charge in [0.25, 0.3) is 0 Å². The molecule has 0 fully saturated rings. The SMILES string of the molecule is Fc1cc(C#Cc2ccccc2)cc2c1-c1ccccc1-2. The highest BCUT2D eigenvalue weighted by atomic mass is 19.1. The van der Waals surface area contributed by atoms with Gasteiger partial charge in [-0.1, -0.05) is 54.3 Å². The predicted molar refractivity (Wildman–Crippen MR) is 83.3 cm³/mol. The molecule has 21 heavy (non-hydrogen) atoms. The molecule has 1 heteroatoms. The molecule has 0 aliphatic heterocycles. The number of hydrogen-bond acceptors (Lipinski definition) is 0. The first kappa shape index (κ1) is 11.9. The second kappa shape index (κ2) is 4.61. The lowest BCUT2D eigenvalue weighted by molar-refractivity contribution is 0.630. The Morgan fingerprint density at radius 1 is 0.619 bits per heavy atom. The van der Waals surface area contributed by atoms with Crippen LogP contribution in [0.4, 0.5) is 4.39 Å². The van der Waals surface area contributed by atoms with Crippen LogP contribution in [0.15, 0.2) is 66.7 Å². The molecule has 0 saturated heterocycles. The van der Waals surface area contributed by atoms with E-state index in [1.807, 2.05) is 60.7 Å². The first-order chi connectivity index (χ1) is 10.3. The molecular formula is C20H11F. The zero-order valence-electron chi connectivity index (χ0n) is 11.2. The number of hydrogen-bond donors (Lipinski definition) is 0. The van der Waals surface area contributed by atoms with Crippen molar-refractivity contribution in [3.63, 3.8) is 0 Å². The fraction of sp³-hybridized carbons (Fsp3) is 0. The van der Waals surface area contributed by atoms with Crippen molar-refractivity contribution in [3.8, 4) is 34.1 Å². The molecule has 3 aromatic rings. The van der Waals surface area contributed by atoms with Crippen LogP contribution in [0.5, 0.6) is 0 Å². The van der Waals surface area contributed by atoms with Crippen molar-refractivity contribution in [1.29, 1.82) is 0 Å². The van der Waals surface area contributed by atoms with Crippen molar-refractivity contribution < 1.29 is 4.39 Å². The number of fused-ring (bicyclic) bond motifs is 4. The van der Waals surface area contributed by atoms with Crippen LogP contribution in [0.3, 0.4) is 0 Å². The van der Waals surface area contributed by atoms with Gasteiger partial charge in [0.2, 0.25) is 0 Å². The second-order valence-corrected chi connectivity index (χ2v) is 5.04. The van der Waals surface area contributed by atoms with Gasteiger partial charge in [0.1, 0.15) is 5.82 Å². The molecular weight excluding hydrogens is 259 g/mol. The van der Waals surface area contributed by atoms with E-state index < -0.39 is 0 Å². The summed E-state index contributed by atoms with van der Waals surface area (Å²) < 4.78 is 14.2. The van der Waals surface area contributed by atoms with E-state index in [0.717, 1.165) is 27.8 Å². The van der Waals surface area contributed by atoms with Crippen LogP contribution >= 0.6 is 0 Å². The van der Waals surface area contributed by atoms with Crippen LogP contribution in [0.2, 0.25) is 0 Å². The smallest absolute Gasteiger partial charge is 0.132 e. The van der Waals surface area contributed by atoms with E-state index in [9.17, 15) is 4.39 Å². The molecule has 0 bridgehead atoms. The molecule has 0 heterocycles. The molecule has 0 amide bonds. The van der Waals surface area contributed by atoms with Crippen molar-refractivity contribution in [2.45, 2.75) is 0 Å². The molecule has 3 aromatic carbocycles. The maximum Gasteiger partial charge on any atom is 0.132 e. The van der Waals surface area contributed by atoms with Gasteiger partial charge in [0.15, 0.2) is 0 Å². The lowest BCUT2D eigenvalue weighted by atomic mass is 9.79. The zero-order valence-corrected chi connectivity index (χ0v) is 11.2. The zero-order chi connectivity index (χ0) is 14.2. The van der Waals surface area contributed by atoms with Crippen molar-refractivity contribution in [3.05, 3.63) is 83.7 Å². The lowest BCUT2D eigenvalue weighted by Crippen LogP contribution is -2.02. The lowest BCUT2D eigenvalue weighted by Gasteiger charge is -2.24. The summed E-state index contributed by atoms with van der Waals surface area (Å²) in [5.41, 5.74) is 5.42. The van der Waals surface area contributed by atoms with Crippen LogP contribution in [-0.4, -0.2) is 0 Å². The minimum atomic E-state index is -0.191. The first-order valence-electron chi connectivity index (χ1n) is 6.83. The van der Waals surface area contributed by atoms with Gasteiger partial charge in [-0.3, -0.25) is 0 Å². The van der Waals surface area contributed by atoms with E-state index in [2.05, 4.69) is 11.8 Å². The Balaban J connectivity index is 1.76. The number of rotatable bonds is 0. The summed E-state index contributed by atoms with van der Waals surface area (Å²) >= 11 is 0. The van der Waals surface area contributed by atoms with Crippen LogP contribution < -0.4 is 0 Å². The number of benzene rings is 3. The van der Waals surface area contributed by atoms with Gasteiger partial charge >= 0.3 is 0 Å². The Morgan fingerprint density at radius 3 is 2.10 bits per heavy atom. The summed E-state index contributed by atoms with van der Waals surface area (Å²) in [6.07, 6.45) is 0. The molecule has 4 rings (SSSR count). The molecule has 0 nitrogen and oxygen atoms in total. The van der Waals surface area contributed by atoms with Crippen molar-refractivity contribution >= 4 is 0 Å². The average molecular weight is 270 g/mol. The monoisotopic (exact) mass is 270 g/mol. The quantitative estimate of drug-likeness (QED) is 0.400. The second-order valence-electron chi connectivity index (χ2n) is 5.04. The molecule has 1 aliphatic carbocycles. The molecule has 0 radical (unpaired) electrons. The van der Waals surface area contributed by atoms with E-state index in [4.69, 9.17) is 0 Å². The Hall–Kier alpha value is -2.85. The summed E-state index contributed by atoms with van der Waals surface area (Å²) in [7, 11) is 0. The van der Waals surface area contributed by atoms with E-state index >= 15 is 0 Å². The minimum Gasteiger partial charge on any atom is -0.206 e. The summed E-state index contributed by atoms with van der Waals surface area (Å²) in [6.45, 7) is 0. The summed E-state index contributed by atoms with van der Waals surface area (Å²) in [6, 6.07) is 21.1. The van der Waals surface area contributed by atoms with Gasteiger partial charge in [-0.15, -0.1) is 0 Å². The molecule has 0 unspecified atom stereocenters. The first-order valence-corrected chi connectivity index (χ1v) is 6.83. The highest BCUT2D eigenvalue weighted by molar-refractivity contribution is 6.02. The molecule has 0 atom stereocenters. The Morgan fingerprint density at radius 2 is 1.29 bits per heavy atom. The standard InChI is InChI=1S/C20H11F/c21-19-13-15(11-10-14-6-2-1-3-7-14)12-18-16-8-4-5-9-17(16)20(18)19/h1-9,12-13H. The Labute approximate surface area is 122 Å². The largest absolute Gasteiger partial charge is 0.206 e. The highest BCUT2D eigenvalue weighted by Gasteiger charge is 2.25. The Kier molecular flexibility index (Phi) is 2.62. The van der Waals surface area contributed by atoms with E-state index in [1.54, 1.807) is 0 Å². The van der Waals surface area contributed by atoms with E-state index in [-0.39, 0.29) is 5.82 Å². The molecule has 0 N–H and O–H groups in total. The molecule has 98 valence electrons. The third-order valence-corrected chi connectivity index (χ3v) is 3.70. The maximum atomic E-state index is 14.2. The van der Waals surface area contributed by atoms with Crippen LogP contribution in [0.25, 0.3) is 22.3 Å². The topological polar surface area (TPSA) is 0 Å².